The summed E-state index contributed by atoms with van der Waals surface area (Å²) in [7, 11) is 0. The maximum Gasteiger partial charge on any atom is 0.0406 e. The summed E-state index contributed by atoms with van der Waals surface area (Å²) in [5.41, 5.74) is 2.55. The summed E-state index contributed by atoms with van der Waals surface area (Å²) in [5, 5.41) is 4.19. The molecule has 0 saturated heterocycles. The number of hydrogen-bond donors (Lipinski definition) is 1. The Bertz CT molecular complexity index is 503. The van der Waals surface area contributed by atoms with Gasteiger partial charge in [0.2, 0.25) is 0 Å². The molecule has 0 bridgehead atoms. The van der Waals surface area contributed by atoms with Gasteiger partial charge in [-0.15, -0.1) is 0 Å². The summed E-state index contributed by atoms with van der Waals surface area (Å²) in [6.45, 7) is 1.86. The van der Waals surface area contributed by atoms with Crippen LogP contribution in [0, 0.1) is 0 Å². The van der Waals surface area contributed by atoms with Crippen molar-refractivity contribution in [1.29, 1.82) is 0 Å². The van der Waals surface area contributed by atoms with Gasteiger partial charge in [0.25, 0.3) is 0 Å². The molecular weight excluding hydrogens is 254 g/mol. The van der Waals surface area contributed by atoms with E-state index >= 15 is 0 Å². The molecule has 19 heavy (non-hydrogen) atoms. The van der Waals surface area contributed by atoms with Gasteiger partial charge in [-0.1, -0.05) is 66.2 Å². The second kappa shape index (κ2) is 7.78. The molecule has 0 atom stereocenters. The standard InChI is InChI=1S/C17H18ClN/c18-17-10-8-16(9-11-17)12-14-19-13-4-7-15-5-2-1-3-6-15/h1-11,19H,12-14H2. The molecule has 0 unspecified atom stereocenters. The summed E-state index contributed by atoms with van der Waals surface area (Å²) in [4.78, 5) is 0. The molecule has 0 spiro atoms. The largest absolute Gasteiger partial charge is 0.313 e. The maximum atomic E-state index is 5.85. The van der Waals surface area contributed by atoms with Gasteiger partial charge in [-0.05, 0) is 36.2 Å². The van der Waals surface area contributed by atoms with Crippen molar-refractivity contribution in [2.75, 3.05) is 13.1 Å². The normalized spacial score (nSPS) is 11.0. The predicted octanol–water partition coefficient (Wildman–Crippen LogP) is 4.19. The second-order valence-corrected chi connectivity index (χ2v) is 4.83. The molecular formula is C17H18ClN. The van der Waals surface area contributed by atoms with E-state index in [-0.39, 0.29) is 0 Å². The molecule has 0 aliphatic carbocycles. The Kier molecular flexibility index (Phi) is 5.67. The van der Waals surface area contributed by atoms with E-state index in [1.807, 2.05) is 30.3 Å². The lowest BCUT2D eigenvalue weighted by Crippen LogP contribution is -2.16. The van der Waals surface area contributed by atoms with E-state index in [2.05, 4.69) is 41.7 Å². The molecule has 0 heterocycles. The van der Waals surface area contributed by atoms with Crippen LogP contribution in [-0.4, -0.2) is 13.1 Å². The molecule has 98 valence electrons. The monoisotopic (exact) mass is 271 g/mol. The molecule has 1 N–H and O–H groups in total. The Labute approximate surface area is 119 Å². The zero-order chi connectivity index (χ0) is 13.3. The first-order chi connectivity index (χ1) is 9.34. The van der Waals surface area contributed by atoms with E-state index in [1.165, 1.54) is 11.1 Å². The molecule has 0 amide bonds. The van der Waals surface area contributed by atoms with Crippen LogP contribution in [0.1, 0.15) is 11.1 Å². The number of halogens is 1. The van der Waals surface area contributed by atoms with Crippen LogP contribution in [0.15, 0.2) is 60.7 Å². The molecule has 0 saturated carbocycles. The quantitative estimate of drug-likeness (QED) is 0.777. The van der Waals surface area contributed by atoms with Crippen molar-refractivity contribution >= 4 is 17.7 Å². The molecule has 1 nitrogen and oxygen atoms in total. The number of nitrogens with one attached hydrogen (secondary N) is 1. The lowest BCUT2D eigenvalue weighted by atomic mass is 10.1. The van der Waals surface area contributed by atoms with Crippen LogP contribution in [0.2, 0.25) is 5.02 Å². The van der Waals surface area contributed by atoms with Gasteiger partial charge < -0.3 is 5.32 Å². The van der Waals surface area contributed by atoms with Gasteiger partial charge in [0.15, 0.2) is 0 Å². The van der Waals surface area contributed by atoms with Gasteiger partial charge in [0.05, 0.1) is 0 Å². The van der Waals surface area contributed by atoms with E-state index in [9.17, 15) is 0 Å². The summed E-state index contributed by atoms with van der Waals surface area (Å²) in [5.74, 6) is 0. The first-order valence-corrected chi connectivity index (χ1v) is 6.89. The molecule has 0 aromatic heterocycles. The fourth-order valence-corrected chi connectivity index (χ4v) is 1.95. The zero-order valence-electron chi connectivity index (χ0n) is 10.9. The van der Waals surface area contributed by atoms with Crippen molar-refractivity contribution in [1.82, 2.24) is 5.32 Å². The molecule has 0 aliphatic rings. The summed E-state index contributed by atoms with van der Waals surface area (Å²) >= 11 is 5.85. The summed E-state index contributed by atoms with van der Waals surface area (Å²) in [6.07, 6.45) is 5.31. The van der Waals surface area contributed by atoms with E-state index in [0.29, 0.717) is 0 Å². The van der Waals surface area contributed by atoms with Crippen molar-refractivity contribution in [3.63, 3.8) is 0 Å². The van der Waals surface area contributed by atoms with Gasteiger partial charge in [-0.25, -0.2) is 0 Å². The Morgan fingerprint density at radius 3 is 2.42 bits per heavy atom. The third kappa shape index (κ3) is 5.29. The number of rotatable bonds is 6. The Morgan fingerprint density at radius 2 is 1.68 bits per heavy atom. The van der Waals surface area contributed by atoms with Gasteiger partial charge >= 0.3 is 0 Å². The van der Waals surface area contributed by atoms with Crippen molar-refractivity contribution in [2.45, 2.75) is 6.42 Å². The summed E-state index contributed by atoms with van der Waals surface area (Å²) < 4.78 is 0. The molecule has 2 aromatic carbocycles. The van der Waals surface area contributed by atoms with Crippen LogP contribution in [0.3, 0.4) is 0 Å². The summed E-state index contributed by atoms with van der Waals surface area (Å²) in [6, 6.07) is 18.4. The van der Waals surface area contributed by atoms with Crippen LogP contribution < -0.4 is 5.32 Å². The molecule has 2 rings (SSSR count). The van der Waals surface area contributed by atoms with Gasteiger partial charge in [0.1, 0.15) is 0 Å². The minimum Gasteiger partial charge on any atom is -0.313 e. The molecule has 2 aromatic rings. The van der Waals surface area contributed by atoms with Crippen LogP contribution in [0.4, 0.5) is 0 Å². The Morgan fingerprint density at radius 1 is 0.947 bits per heavy atom. The first kappa shape index (κ1) is 13.9. The molecule has 0 aliphatic heterocycles. The third-order valence-electron chi connectivity index (χ3n) is 2.88. The van der Waals surface area contributed by atoms with Gasteiger partial charge in [-0.2, -0.15) is 0 Å². The maximum absolute atomic E-state index is 5.85. The predicted molar refractivity (Wildman–Crippen MR) is 83.5 cm³/mol. The molecule has 2 heteroatoms. The zero-order valence-corrected chi connectivity index (χ0v) is 11.6. The van der Waals surface area contributed by atoms with E-state index in [1.54, 1.807) is 0 Å². The van der Waals surface area contributed by atoms with Crippen molar-refractivity contribution in [2.24, 2.45) is 0 Å². The minimum atomic E-state index is 0.794. The van der Waals surface area contributed by atoms with Crippen LogP contribution >= 0.6 is 11.6 Å². The Balaban J connectivity index is 1.65. The van der Waals surface area contributed by atoms with Crippen molar-refractivity contribution < 1.29 is 0 Å². The minimum absolute atomic E-state index is 0.794. The fraction of sp³-hybridized carbons (Fsp3) is 0.176. The highest BCUT2D eigenvalue weighted by Crippen LogP contribution is 2.09. The average molecular weight is 272 g/mol. The Hall–Kier alpha value is -1.57. The van der Waals surface area contributed by atoms with Crippen molar-refractivity contribution in [3.05, 3.63) is 76.8 Å². The van der Waals surface area contributed by atoms with Gasteiger partial charge in [-0.3, -0.25) is 0 Å². The van der Waals surface area contributed by atoms with Crippen LogP contribution in [0.25, 0.3) is 6.08 Å². The highest BCUT2D eigenvalue weighted by atomic mass is 35.5. The van der Waals surface area contributed by atoms with Crippen LogP contribution in [-0.2, 0) is 6.42 Å². The molecule has 0 radical (unpaired) electrons. The van der Waals surface area contributed by atoms with E-state index in [0.717, 1.165) is 24.5 Å². The smallest absolute Gasteiger partial charge is 0.0406 e. The topological polar surface area (TPSA) is 12.0 Å². The first-order valence-electron chi connectivity index (χ1n) is 6.51. The second-order valence-electron chi connectivity index (χ2n) is 4.39. The highest BCUT2D eigenvalue weighted by molar-refractivity contribution is 6.30. The van der Waals surface area contributed by atoms with E-state index < -0.39 is 0 Å². The van der Waals surface area contributed by atoms with Crippen molar-refractivity contribution in [3.8, 4) is 0 Å². The SMILES string of the molecule is Clc1ccc(CCNCC=Cc2ccccc2)cc1. The van der Waals surface area contributed by atoms with E-state index in [4.69, 9.17) is 11.6 Å². The third-order valence-corrected chi connectivity index (χ3v) is 3.13. The average Bonchev–Trinajstić information content (AvgIpc) is 2.46. The number of benzene rings is 2. The van der Waals surface area contributed by atoms with Gasteiger partial charge in [0, 0.05) is 11.6 Å². The lowest BCUT2D eigenvalue weighted by molar-refractivity contribution is 0.745. The fourth-order valence-electron chi connectivity index (χ4n) is 1.83. The number of hydrogen-bond acceptors (Lipinski definition) is 1. The molecule has 0 fully saturated rings. The lowest BCUT2D eigenvalue weighted by Gasteiger charge is -2.02. The highest BCUT2D eigenvalue weighted by Gasteiger charge is 1.92. The van der Waals surface area contributed by atoms with Crippen LogP contribution in [0.5, 0.6) is 0 Å².